The van der Waals surface area contributed by atoms with Crippen molar-refractivity contribution >= 4 is 5.96 Å². The highest BCUT2D eigenvalue weighted by Gasteiger charge is 2.27. The smallest absolute Gasteiger partial charge is 0.191 e. The Labute approximate surface area is 178 Å². The van der Waals surface area contributed by atoms with Crippen molar-refractivity contribution in [2.24, 2.45) is 16.8 Å². The van der Waals surface area contributed by atoms with Gasteiger partial charge in [-0.3, -0.25) is 9.89 Å². The van der Waals surface area contributed by atoms with Gasteiger partial charge in [0.2, 0.25) is 0 Å². The van der Waals surface area contributed by atoms with E-state index in [1.807, 2.05) is 7.05 Å². The lowest BCUT2D eigenvalue weighted by Gasteiger charge is -2.39. The number of aliphatic imine (C=N–C) groups is 1. The Hall–Kier alpha value is -0.890. The Bertz CT molecular complexity index is 444. The maximum Gasteiger partial charge on any atom is 0.191 e. The van der Waals surface area contributed by atoms with Gasteiger partial charge >= 0.3 is 0 Å². The number of ether oxygens (including phenoxy) is 2. The molecule has 1 unspecified atom stereocenters. The Kier molecular flexibility index (Phi) is 11.9. The van der Waals surface area contributed by atoms with Crippen LogP contribution in [-0.2, 0) is 9.47 Å². The van der Waals surface area contributed by atoms with Gasteiger partial charge in [-0.05, 0) is 37.8 Å². The van der Waals surface area contributed by atoms with Crippen molar-refractivity contribution < 1.29 is 9.47 Å². The van der Waals surface area contributed by atoms with Crippen molar-refractivity contribution in [3.63, 3.8) is 0 Å². The number of piperidine rings is 1. The molecule has 0 radical (unpaired) electrons. The fraction of sp³-hybridized carbons (Fsp3) is 0.955. The zero-order valence-corrected chi connectivity index (χ0v) is 19.3. The van der Waals surface area contributed by atoms with E-state index in [0.29, 0.717) is 12.0 Å². The summed E-state index contributed by atoms with van der Waals surface area (Å²) in [4.78, 5) is 9.60. The van der Waals surface area contributed by atoms with Crippen LogP contribution in [0.15, 0.2) is 4.99 Å². The first-order valence-electron chi connectivity index (χ1n) is 11.7. The Balaban J connectivity index is 1.76. The minimum Gasteiger partial charge on any atom is -0.383 e. The van der Waals surface area contributed by atoms with Crippen molar-refractivity contribution in [2.45, 2.75) is 45.6 Å². The van der Waals surface area contributed by atoms with E-state index in [1.54, 1.807) is 7.11 Å². The first kappa shape index (κ1) is 24.4. The highest BCUT2D eigenvalue weighted by atomic mass is 16.5. The molecule has 0 aromatic carbocycles. The zero-order chi connectivity index (χ0) is 20.9. The third-order valence-corrected chi connectivity index (χ3v) is 6.69. The first-order valence-corrected chi connectivity index (χ1v) is 11.7. The maximum atomic E-state index is 5.57. The molecule has 2 heterocycles. The average Bonchev–Trinajstić information content (AvgIpc) is 2.78. The van der Waals surface area contributed by atoms with Crippen LogP contribution in [0, 0.1) is 11.8 Å². The van der Waals surface area contributed by atoms with E-state index in [2.05, 4.69) is 39.3 Å². The normalized spacial score (nSPS) is 21.5. The summed E-state index contributed by atoms with van der Waals surface area (Å²) in [5.41, 5.74) is 0. The van der Waals surface area contributed by atoms with Gasteiger partial charge in [-0.15, -0.1) is 0 Å². The van der Waals surface area contributed by atoms with Crippen molar-refractivity contribution in [2.75, 3.05) is 79.8 Å². The van der Waals surface area contributed by atoms with E-state index in [4.69, 9.17) is 9.47 Å². The molecule has 7 heteroatoms. The quantitative estimate of drug-likeness (QED) is 0.398. The van der Waals surface area contributed by atoms with Crippen molar-refractivity contribution in [3.8, 4) is 0 Å². The van der Waals surface area contributed by atoms with E-state index in [9.17, 15) is 0 Å². The summed E-state index contributed by atoms with van der Waals surface area (Å²) in [6, 6.07) is 0.538. The lowest BCUT2D eigenvalue weighted by molar-refractivity contribution is 0.00271. The van der Waals surface area contributed by atoms with Crippen LogP contribution in [0.5, 0.6) is 0 Å². The molecule has 2 aliphatic heterocycles. The second kappa shape index (κ2) is 14.2. The molecule has 2 aliphatic rings. The summed E-state index contributed by atoms with van der Waals surface area (Å²) >= 11 is 0. The van der Waals surface area contributed by atoms with Crippen LogP contribution in [0.3, 0.4) is 0 Å². The maximum absolute atomic E-state index is 5.57. The van der Waals surface area contributed by atoms with Gasteiger partial charge in [0.25, 0.3) is 0 Å². The summed E-state index contributed by atoms with van der Waals surface area (Å²) in [5.74, 6) is 2.37. The van der Waals surface area contributed by atoms with E-state index in [-0.39, 0.29) is 0 Å². The van der Waals surface area contributed by atoms with E-state index >= 15 is 0 Å². The average molecular weight is 412 g/mol. The Morgan fingerprint density at radius 2 is 1.79 bits per heavy atom. The number of likely N-dealkylation sites (tertiary alicyclic amines) is 1. The molecule has 170 valence electrons. The van der Waals surface area contributed by atoms with Gasteiger partial charge < -0.3 is 25.0 Å². The second-order valence-corrected chi connectivity index (χ2v) is 8.40. The molecule has 2 rings (SSSR count). The van der Waals surface area contributed by atoms with Crippen LogP contribution in [0.4, 0.5) is 0 Å². The molecule has 29 heavy (non-hydrogen) atoms. The van der Waals surface area contributed by atoms with Crippen LogP contribution in [-0.4, -0.2) is 102 Å². The van der Waals surface area contributed by atoms with Crippen molar-refractivity contribution in [3.05, 3.63) is 0 Å². The standard InChI is InChI=1S/C22H45N5O2/c1-5-20(6-2)21(27-12-15-29-16-13-27)18-25-22(23-3)24-17-19-7-9-26(10-8-19)11-14-28-4/h19-21H,5-18H2,1-4H3,(H2,23,24,25). The number of morpholine rings is 1. The molecule has 0 spiro atoms. The molecule has 2 fully saturated rings. The topological polar surface area (TPSA) is 61.4 Å². The molecule has 0 aromatic rings. The first-order chi connectivity index (χ1) is 14.2. The number of rotatable bonds is 11. The highest BCUT2D eigenvalue weighted by Crippen LogP contribution is 2.20. The molecule has 0 aliphatic carbocycles. The molecule has 0 saturated carbocycles. The fourth-order valence-electron chi connectivity index (χ4n) is 4.63. The summed E-state index contributed by atoms with van der Waals surface area (Å²) < 4.78 is 10.8. The van der Waals surface area contributed by atoms with Gasteiger partial charge in [-0.1, -0.05) is 26.7 Å². The van der Waals surface area contributed by atoms with Crippen LogP contribution in [0.1, 0.15) is 39.5 Å². The molecular formula is C22H45N5O2. The molecule has 0 bridgehead atoms. The number of hydrogen-bond acceptors (Lipinski definition) is 5. The van der Waals surface area contributed by atoms with Gasteiger partial charge in [0.15, 0.2) is 5.96 Å². The summed E-state index contributed by atoms with van der Waals surface area (Å²) in [6.07, 6.45) is 4.93. The largest absolute Gasteiger partial charge is 0.383 e. The minimum absolute atomic E-state index is 0.538. The predicted octanol–water partition coefficient (Wildman–Crippen LogP) is 1.65. The van der Waals surface area contributed by atoms with Gasteiger partial charge in [0, 0.05) is 52.9 Å². The molecule has 0 amide bonds. The predicted molar refractivity (Wildman–Crippen MR) is 121 cm³/mol. The van der Waals surface area contributed by atoms with E-state index < -0.39 is 0 Å². The lowest BCUT2D eigenvalue weighted by atomic mass is 9.92. The highest BCUT2D eigenvalue weighted by molar-refractivity contribution is 5.79. The molecular weight excluding hydrogens is 366 g/mol. The van der Waals surface area contributed by atoms with Gasteiger partial charge in [-0.2, -0.15) is 0 Å². The number of hydrogen-bond donors (Lipinski definition) is 2. The van der Waals surface area contributed by atoms with E-state index in [1.165, 1.54) is 38.8 Å². The third kappa shape index (κ3) is 8.40. The Morgan fingerprint density at radius 3 is 2.38 bits per heavy atom. The number of guanidine groups is 1. The van der Waals surface area contributed by atoms with Crippen LogP contribution in [0.2, 0.25) is 0 Å². The number of nitrogens with one attached hydrogen (secondary N) is 2. The summed E-state index contributed by atoms with van der Waals surface area (Å²) in [7, 11) is 3.66. The SMILES string of the molecule is CCC(CC)C(CNC(=NC)NCC1CCN(CCOC)CC1)N1CCOCC1. The Morgan fingerprint density at radius 1 is 1.10 bits per heavy atom. The monoisotopic (exact) mass is 411 g/mol. The molecule has 0 aromatic heterocycles. The zero-order valence-electron chi connectivity index (χ0n) is 19.3. The van der Waals surface area contributed by atoms with Gasteiger partial charge in [-0.25, -0.2) is 0 Å². The third-order valence-electron chi connectivity index (χ3n) is 6.69. The molecule has 2 N–H and O–H groups in total. The van der Waals surface area contributed by atoms with Crippen molar-refractivity contribution in [1.29, 1.82) is 0 Å². The van der Waals surface area contributed by atoms with Crippen molar-refractivity contribution in [1.82, 2.24) is 20.4 Å². The number of methoxy groups -OCH3 is 1. The number of nitrogens with zero attached hydrogens (tertiary/aromatic N) is 3. The van der Waals surface area contributed by atoms with Gasteiger partial charge in [0.1, 0.15) is 0 Å². The summed E-state index contributed by atoms with van der Waals surface area (Å²) in [5, 5.41) is 7.20. The fourth-order valence-corrected chi connectivity index (χ4v) is 4.63. The summed E-state index contributed by atoms with van der Waals surface area (Å²) in [6.45, 7) is 14.6. The van der Waals surface area contributed by atoms with Crippen LogP contribution in [0.25, 0.3) is 0 Å². The molecule has 7 nitrogen and oxygen atoms in total. The lowest BCUT2D eigenvalue weighted by Crippen LogP contribution is -2.53. The second-order valence-electron chi connectivity index (χ2n) is 8.40. The molecule has 2 saturated heterocycles. The van der Waals surface area contributed by atoms with Gasteiger partial charge in [0.05, 0.1) is 19.8 Å². The van der Waals surface area contributed by atoms with Crippen LogP contribution >= 0.6 is 0 Å². The molecule has 1 atom stereocenters. The van der Waals surface area contributed by atoms with E-state index in [0.717, 1.165) is 64.4 Å². The minimum atomic E-state index is 0.538. The van der Waals surface area contributed by atoms with Crippen LogP contribution < -0.4 is 10.6 Å².